The Labute approximate surface area is 99.8 Å². The van der Waals surface area contributed by atoms with Gasteiger partial charge in [-0.2, -0.15) is 0 Å². The maximum atomic E-state index is 11.2. The fourth-order valence-corrected chi connectivity index (χ4v) is 1.38. The van der Waals surface area contributed by atoms with Crippen LogP contribution in [0.4, 0.5) is 4.79 Å². The molecule has 0 spiro atoms. The Balaban J connectivity index is 2.02. The van der Waals surface area contributed by atoms with Crippen molar-refractivity contribution < 1.29 is 19.8 Å². The highest BCUT2D eigenvalue weighted by molar-refractivity contribution is 5.76. The van der Waals surface area contributed by atoms with E-state index < -0.39 is 18.1 Å². The lowest BCUT2D eigenvalue weighted by Gasteiger charge is -2.16. The number of nitrogens with one attached hydrogen (secondary N) is 2. The van der Waals surface area contributed by atoms with E-state index in [1.165, 1.54) is 12.8 Å². The molecule has 4 N–H and O–H groups in total. The Hall–Kier alpha value is -1.34. The van der Waals surface area contributed by atoms with Crippen molar-refractivity contribution in [2.24, 2.45) is 0 Å². The molecule has 7 heteroatoms. The van der Waals surface area contributed by atoms with Gasteiger partial charge < -0.3 is 25.7 Å². The predicted molar refractivity (Wildman–Crippen MR) is 60.7 cm³/mol. The molecule has 1 atom stereocenters. The summed E-state index contributed by atoms with van der Waals surface area (Å²) in [6, 6.07) is 0.184. The van der Waals surface area contributed by atoms with E-state index in [0.717, 1.165) is 6.54 Å². The second-order valence-corrected chi connectivity index (χ2v) is 4.20. The highest BCUT2D eigenvalue weighted by atomic mass is 16.4. The van der Waals surface area contributed by atoms with E-state index in [1.54, 1.807) is 0 Å². The lowest BCUT2D eigenvalue weighted by Crippen LogP contribution is -2.44. The lowest BCUT2D eigenvalue weighted by atomic mass is 10.4. The number of carboxylic acid groups (broad SMARTS) is 1. The zero-order valence-electron chi connectivity index (χ0n) is 9.85. The van der Waals surface area contributed by atoms with E-state index in [4.69, 9.17) is 10.2 Å². The summed E-state index contributed by atoms with van der Waals surface area (Å²) >= 11 is 0. The maximum absolute atomic E-state index is 11.2. The Kier molecular flexibility index (Phi) is 5.17. The molecule has 1 aliphatic carbocycles. The Morgan fingerprint density at radius 3 is 2.59 bits per heavy atom. The first kappa shape index (κ1) is 13.7. The van der Waals surface area contributed by atoms with Gasteiger partial charge in [0, 0.05) is 19.1 Å². The third-order valence-electron chi connectivity index (χ3n) is 2.66. The van der Waals surface area contributed by atoms with Crippen molar-refractivity contribution in [2.75, 3.05) is 26.7 Å². The van der Waals surface area contributed by atoms with Crippen LogP contribution in [0.1, 0.15) is 12.8 Å². The van der Waals surface area contributed by atoms with E-state index in [2.05, 4.69) is 15.5 Å². The van der Waals surface area contributed by atoms with Gasteiger partial charge in [0.05, 0.1) is 6.54 Å². The molecule has 0 bridgehead atoms. The molecule has 98 valence electrons. The summed E-state index contributed by atoms with van der Waals surface area (Å²) in [5.41, 5.74) is 0. The van der Waals surface area contributed by atoms with Crippen LogP contribution in [0.15, 0.2) is 0 Å². The molecule has 1 fully saturated rings. The van der Waals surface area contributed by atoms with E-state index >= 15 is 0 Å². The normalized spacial score (nSPS) is 16.6. The average molecular weight is 245 g/mol. The number of hydrogen-bond donors (Lipinski definition) is 4. The highest BCUT2D eigenvalue weighted by Crippen LogP contribution is 2.24. The SMILES string of the molecule is CN(CCNC(=O)NCC(O)C(=O)O)C1CC1. The van der Waals surface area contributed by atoms with Crippen LogP contribution in [0, 0.1) is 0 Å². The minimum atomic E-state index is -1.56. The summed E-state index contributed by atoms with van der Waals surface area (Å²) in [6.45, 7) is 0.973. The summed E-state index contributed by atoms with van der Waals surface area (Å²) in [4.78, 5) is 23.6. The highest BCUT2D eigenvalue weighted by Gasteiger charge is 2.25. The first-order valence-electron chi connectivity index (χ1n) is 5.63. The van der Waals surface area contributed by atoms with E-state index in [-0.39, 0.29) is 6.54 Å². The monoisotopic (exact) mass is 245 g/mol. The van der Waals surface area contributed by atoms with Crippen LogP contribution in [0.25, 0.3) is 0 Å². The van der Waals surface area contributed by atoms with Crippen molar-refractivity contribution >= 4 is 12.0 Å². The van der Waals surface area contributed by atoms with Crippen LogP contribution in [-0.2, 0) is 4.79 Å². The molecule has 0 heterocycles. The summed E-state index contributed by atoms with van der Waals surface area (Å²) in [5, 5.41) is 22.2. The topological polar surface area (TPSA) is 102 Å². The number of aliphatic carboxylic acids is 1. The maximum Gasteiger partial charge on any atom is 0.334 e. The van der Waals surface area contributed by atoms with E-state index in [0.29, 0.717) is 12.6 Å². The molecule has 7 nitrogen and oxygen atoms in total. The summed E-state index contributed by atoms with van der Waals surface area (Å²) in [6.07, 6.45) is 0.871. The summed E-state index contributed by atoms with van der Waals surface area (Å²) in [7, 11) is 2.01. The molecule has 1 rings (SSSR count). The van der Waals surface area contributed by atoms with Crippen molar-refractivity contribution in [3.63, 3.8) is 0 Å². The quantitative estimate of drug-likeness (QED) is 0.452. The van der Waals surface area contributed by atoms with Gasteiger partial charge in [0.15, 0.2) is 6.10 Å². The minimum absolute atomic E-state index is 0.292. The van der Waals surface area contributed by atoms with Crippen molar-refractivity contribution in [3.05, 3.63) is 0 Å². The second kappa shape index (κ2) is 6.41. The second-order valence-electron chi connectivity index (χ2n) is 4.20. The van der Waals surface area contributed by atoms with Gasteiger partial charge in [-0.1, -0.05) is 0 Å². The molecule has 0 aromatic rings. The van der Waals surface area contributed by atoms with Gasteiger partial charge in [-0.3, -0.25) is 0 Å². The number of aliphatic hydroxyl groups is 1. The van der Waals surface area contributed by atoms with Gasteiger partial charge in [-0.25, -0.2) is 9.59 Å². The van der Waals surface area contributed by atoms with Gasteiger partial charge in [-0.05, 0) is 19.9 Å². The molecule has 2 amide bonds. The van der Waals surface area contributed by atoms with Crippen LogP contribution < -0.4 is 10.6 Å². The number of nitrogens with zero attached hydrogens (tertiary/aromatic N) is 1. The van der Waals surface area contributed by atoms with Gasteiger partial charge in [0.1, 0.15) is 0 Å². The van der Waals surface area contributed by atoms with Crippen LogP contribution >= 0.6 is 0 Å². The molecule has 1 unspecified atom stereocenters. The zero-order chi connectivity index (χ0) is 12.8. The van der Waals surface area contributed by atoms with Gasteiger partial charge in [0.2, 0.25) is 0 Å². The molecular formula is C10H19N3O4. The minimum Gasteiger partial charge on any atom is -0.479 e. The van der Waals surface area contributed by atoms with Crippen molar-refractivity contribution in [1.82, 2.24) is 15.5 Å². The zero-order valence-corrected chi connectivity index (χ0v) is 9.85. The number of aliphatic hydroxyl groups excluding tert-OH is 1. The smallest absolute Gasteiger partial charge is 0.334 e. The van der Waals surface area contributed by atoms with Crippen molar-refractivity contribution in [2.45, 2.75) is 25.0 Å². The Morgan fingerprint density at radius 1 is 1.41 bits per heavy atom. The molecule has 0 saturated heterocycles. The lowest BCUT2D eigenvalue weighted by molar-refractivity contribution is -0.146. The third kappa shape index (κ3) is 5.50. The van der Waals surface area contributed by atoms with E-state index in [9.17, 15) is 9.59 Å². The van der Waals surface area contributed by atoms with Crippen LogP contribution in [0.5, 0.6) is 0 Å². The molecule has 0 aliphatic heterocycles. The first-order valence-corrected chi connectivity index (χ1v) is 5.63. The molecule has 0 aromatic carbocycles. The predicted octanol–water partition coefficient (Wildman–Crippen LogP) is -1.17. The summed E-state index contributed by atoms with van der Waals surface area (Å²) in [5.74, 6) is -1.35. The fraction of sp³-hybridized carbons (Fsp3) is 0.800. The van der Waals surface area contributed by atoms with Crippen LogP contribution in [-0.4, -0.2) is 65.9 Å². The number of hydrogen-bond acceptors (Lipinski definition) is 4. The third-order valence-corrected chi connectivity index (χ3v) is 2.66. The molecule has 0 aromatic heterocycles. The molecular weight excluding hydrogens is 226 g/mol. The Bertz CT molecular complexity index is 281. The number of urea groups is 1. The standard InChI is InChI=1S/C10H19N3O4/c1-13(7-2-3-7)5-4-11-10(17)12-6-8(14)9(15)16/h7-8,14H,2-6H2,1H3,(H,15,16)(H2,11,12,17). The number of rotatable bonds is 7. The van der Waals surface area contributed by atoms with Crippen molar-refractivity contribution in [1.29, 1.82) is 0 Å². The van der Waals surface area contributed by atoms with Gasteiger partial charge in [-0.15, -0.1) is 0 Å². The first-order chi connectivity index (χ1) is 8.00. The number of amides is 2. The van der Waals surface area contributed by atoms with E-state index in [1.807, 2.05) is 7.05 Å². The Morgan fingerprint density at radius 2 is 2.06 bits per heavy atom. The molecule has 1 saturated carbocycles. The molecule has 0 radical (unpaired) electrons. The molecule has 1 aliphatic rings. The number of carboxylic acids is 1. The van der Waals surface area contributed by atoms with Gasteiger partial charge in [0.25, 0.3) is 0 Å². The van der Waals surface area contributed by atoms with Gasteiger partial charge >= 0.3 is 12.0 Å². The average Bonchev–Trinajstić information content (AvgIpc) is 3.09. The molecule has 17 heavy (non-hydrogen) atoms. The number of carbonyl (C=O) groups excluding carboxylic acids is 1. The van der Waals surface area contributed by atoms with Crippen LogP contribution in [0.3, 0.4) is 0 Å². The summed E-state index contributed by atoms with van der Waals surface area (Å²) < 4.78 is 0. The fourth-order valence-electron chi connectivity index (χ4n) is 1.38. The number of likely N-dealkylation sites (N-methyl/N-ethyl adjacent to an activating group) is 1. The number of carbonyl (C=O) groups is 2. The van der Waals surface area contributed by atoms with Crippen LogP contribution in [0.2, 0.25) is 0 Å². The largest absolute Gasteiger partial charge is 0.479 e. The van der Waals surface area contributed by atoms with Crippen molar-refractivity contribution in [3.8, 4) is 0 Å².